The number of aryl methyl sites for hydroxylation is 1. The molecule has 2 N–H and O–H groups in total. The van der Waals surface area contributed by atoms with Crippen LogP contribution in [-0.2, 0) is 11.3 Å². The van der Waals surface area contributed by atoms with Crippen molar-refractivity contribution < 1.29 is 15.0 Å². The van der Waals surface area contributed by atoms with E-state index in [-0.39, 0.29) is 17.9 Å². The summed E-state index contributed by atoms with van der Waals surface area (Å²) >= 11 is 0. The molecule has 9 heteroatoms. The molecule has 3 heterocycles. The zero-order valence-electron chi connectivity index (χ0n) is 24.6. The molecule has 3 atom stereocenters. The fraction of sp³-hybridized carbons (Fsp3) is 0.333. The first-order chi connectivity index (χ1) is 20.1. The number of hydrogen-bond donors (Lipinski definition) is 2. The van der Waals surface area contributed by atoms with Crippen molar-refractivity contribution in [2.45, 2.75) is 58.7 Å². The highest BCUT2D eigenvalue weighted by Gasteiger charge is 2.46. The highest BCUT2D eigenvalue weighted by Crippen LogP contribution is 2.39. The maximum atomic E-state index is 11.4. The predicted octanol–water partition coefficient (Wildman–Crippen LogP) is 5.67. The van der Waals surface area contributed by atoms with Crippen molar-refractivity contribution in [1.82, 2.24) is 24.5 Å². The summed E-state index contributed by atoms with van der Waals surface area (Å²) in [4.78, 5) is 18.2. The number of carboxylic acid groups (broad SMARTS) is 1. The normalized spacial score (nSPS) is 17.1. The van der Waals surface area contributed by atoms with Crippen LogP contribution in [0.1, 0.15) is 54.8 Å². The molecular formula is C33H36N6O3. The molecule has 1 aliphatic rings. The van der Waals surface area contributed by atoms with Crippen molar-refractivity contribution in [3.05, 3.63) is 89.4 Å². The molecule has 3 aromatic heterocycles. The van der Waals surface area contributed by atoms with E-state index in [1.54, 1.807) is 0 Å². The van der Waals surface area contributed by atoms with Crippen molar-refractivity contribution >= 4 is 22.7 Å². The van der Waals surface area contributed by atoms with Gasteiger partial charge in [-0.3, -0.25) is 9.48 Å². The summed E-state index contributed by atoms with van der Waals surface area (Å²) in [6.45, 7) is 8.76. The number of anilines is 1. The summed E-state index contributed by atoms with van der Waals surface area (Å²) in [6, 6.07) is 19.6. The van der Waals surface area contributed by atoms with Gasteiger partial charge in [0, 0.05) is 41.5 Å². The lowest BCUT2D eigenvalue weighted by atomic mass is 9.95. The van der Waals surface area contributed by atoms with Crippen molar-refractivity contribution in [2.75, 3.05) is 11.9 Å². The van der Waals surface area contributed by atoms with Gasteiger partial charge < -0.3 is 15.1 Å². The topological polar surface area (TPSA) is 109 Å². The molecule has 6 rings (SSSR count). The van der Waals surface area contributed by atoms with Crippen LogP contribution in [0.25, 0.3) is 27.8 Å². The Morgan fingerprint density at radius 3 is 2.48 bits per heavy atom. The Bertz CT molecular complexity index is 1770. The average molecular weight is 565 g/mol. The van der Waals surface area contributed by atoms with E-state index >= 15 is 0 Å². The monoisotopic (exact) mass is 564 g/mol. The van der Waals surface area contributed by atoms with E-state index in [4.69, 9.17) is 15.2 Å². The third-order valence-corrected chi connectivity index (χ3v) is 8.34. The second-order valence-electron chi connectivity index (χ2n) is 11.6. The van der Waals surface area contributed by atoms with Crippen LogP contribution in [0.15, 0.2) is 66.9 Å². The molecule has 1 saturated carbocycles. The largest absolute Gasteiger partial charge is 0.481 e. The first-order valence-electron chi connectivity index (χ1n) is 14.4. The van der Waals surface area contributed by atoms with Crippen LogP contribution in [0.4, 0.5) is 5.82 Å². The van der Waals surface area contributed by atoms with Crippen LogP contribution in [0.3, 0.4) is 0 Å². The van der Waals surface area contributed by atoms with E-state index in [1.807, 2.05) is 89.0 Å². The van der Waals surface area contributed by atoms with Gasteiger partial charge in [-0.25, -0.2) is 9.67 Å². The molecule has 0 aliphatic heterocycles. The third-order valence-electron chi connectivity index (χ3n) is 8.34. The van der Waals surface area contributed by atoms with Gasteiger partial charge in [0.2, 0.25) is 0 Å². The van der Waals surface area contributed by atoms with Crippen LogP contribution in [0.2, 0.25) is 0 Å². The van der Waals surface area contributed by atoms with Gasteiger partial charge in [0.25, 0.3) is 0 Å². The average Bonchev–Trinajstić information content (AvgIpc) is 3.56. The lowest BCUT2D eigenvalue weighted by molar-refractivity contribution is -0.138. The van der Waals surface area contributed by atoms with Crippen LogP contribution in [0, 0.1) is 19.8 Å². The van der Waals surface area contributed by atoms with Gasteiger partial charge in [-0.1, -0.05) is 56.3 Å². The lowest BCUT2D eigenvalue weighted by Gasteiger charge is -2.19. The second-order valence-corrected chi connectivity index (χ2v) is 11.6. The molecule has 0 bridgehead atoms. The van der Waals surface area contributed by atoms with Gasteiger partial charge in [-0.15, -0.1) is 0 Å². The van der Waals surface area contributed by atoms with Crippen LogP contribution < -0.4 is 4.90 Å². The van der Waals surface area contributed by atoms with Gasteiger partial charge >= 0.3 is 5.97 Å². The Morgan fingerprint density at radius 1 is 1.05 bits per heavy atom. The highest BCUT2D eigenvalue weighted by molar-refractivity contribution is 5.94. The van der Waals surface area contributed by atoms with E-state index in [0.717, 1.165) is 56.2 Å². The van der Waals surface area contributed by atoms with Crippen molar-refractivity contribution in [1.29, 1.82) is 0 Å². The number of hydrogen-bond acceptors (Lipinski definition) is 6. The molecule has 0 spiro atoms. The number of benzene rings is 2. The number of fused-ring (bicyclic) bond motifs is 1. The number of pyridine rings is 1. The van der Waals surface area contributed by atoms with Gasteiger partial charge in [0.05, 0.1) is 41.2 Å². The Hall–Kier alpha value is -4.50. The number of carbonyl (C=O) groups is 1. The molecule has 5 aromatic rings. The fourth-order valence-electron chi connectivity index (χ4n) is 5.99. The maximum absolute atomic E-state index is 11.4. The second kappa shape index (κ2) is 10.7. The summed E-state index contributed by atoms with van der Waals surface area (Å²) in [5.74, 6) is -0.113. The quantitative estimate of drug-likeness (QED) is 0.238. The van der Waals surface area contributed by atoms with E-state index in [1.165, 1.54) is 0 Å². The Balaban J connectivity index is 1.36. The maximum Gasteiger partial charge on any atom is 0.308 e. The van der Waals surface area contributed by atoms with Gasteiger partial charge in [-0.2, -0.15) is 10.2 Å². The van der Waals surface area contributed by atoms with Gasteiger partial charge in [-0.05, 0) is 49.9 Å². The van der Waals surface area contributed by atoms with Crippen LogP contribution in [-0.4, -0.2) is 53.8 Å². The van der Waals surface area contributed by atoms with Crippen LogP contribution >= 0.6 is 0 Å². The molecule has 1 fully saturated rings. The molecule has 42 heavy (non-hydrogen) atoms. The Labute approximate surface area is 245 Å². The van der Waals surface area contributed by atoms with E-state index in [0.29, 0.717) is 13.0 Å². The first-order valence-corrected chi connectivity index (χ1v) is 14.4. The third kappa shape index (κ3) is 4.94. The number of nitrogens with zero attached hydrogens (tertiary/aromatic N) is 6. The number of carboxylic acids is 1. The standard InChI is InChI=1S/C33H36N6O3/c1-19(2)31-21(4)39(27-14-15-30(34-20(27)3)37(5)28-16-24(28)33(41)42)36-32(31)23-12-9-13-26-25(23)17-38(35-26)18-29(40)22-10-7-6-8-11-22/h6-15,17,19,24,28-29,40H,16,18H2,1-5H3,(H,41,42). The van der Waals surface area contributed by atoms with Crippen molar-refractivity contribution in [2.24, 2.45) is 5.92 Å². The summed E-state index contributed by atoms with van der Waals surface area (Å²) in [7, 11) is 1.91. The zero-order valence-corrected chi connectivity index (χ0v) is 24.6. The van der Waals surface area contributed by atoms with Crippen molar-refractivity contribution in [3.63, 3.8) is 0 Å². The Morgan fingerprint density at radius 2 is 1.81 bits per heavy atom. The number of aliphatic hydroxyl groups is 1. The van der Waals surface area contributed by atoms with E-state index in [9.17, 15) is 15.0 Å². The summed E-state index contributed by atoms with van der Waals surface area (Å²) < 4.78 is 3.78. The molecular weight excluding hydrogens is 528 g/mol. The SMILES string of the molecule is Cc1nc(N(C)C2CC2C(=O)O)ccc1-n1nc(-c2cccc3nn(CC(O)c4ccccc4)cc23)c(C(C)C)c1C. The van der Waals surface area contributed by atoms with Crippen molar-refractivity contribution in [3.8, 4) is 16.9 Å². The summed E-state index contributed by atoms with van der Waals surface area (Å²) in [6.07, 6.45) is 1.97. The minimum Gasteiger partial charge on any atom is -0.481 e. The smallest absolute Gasteiger partial charge is 0.308 e. The molecule has 0 radical (unpaired) electrons. The fourth-order valence-corrected chi connectivity index (χ4v) is 5.99. The molecule has 2 aromatic carbocycles. The number of aromatic nitrogens is 5. The molecule has 1 aliphatic carbocycles. The molecule has 0 amide bonds. The van der Waals surface area contributed by atoms with Gasteiger partial charge in [0.1, 0.15) is 5.82 Å². The number of aliphatic hydroxyl groups excluding tert-OH is 1. The molecule has 216 valence electrons. The highest BCUT2D eigenvalue weighted by atomic mass is 16.4. The lowest BCUT2D eigenvalue weighted by Crippen LogP contribution is -2.24. The number of aliphatic carboxylic acids is 1. The Kier molecular flexibility index (Phi) is 7.06. The number of rotatable bonds is 9. The van der Waals surface area contributed by atoms with Gasteiger partial charge in [0.15, 0.2) is 0 Å². The predicted molar refractivity (Wildman–Crippen MR) is 163 cm³/mol. The molecule has 0 saturated heterocycles. The minimum atomic E-state index is -0.756. The minimum absolute atomic E-state index is 0.0268. The van der Waals surface area contributed by atoms with E-state index in [2.05, 4.69) is 26.8 Å². The molecule has 9 nitrogen and oxygen atoms in total. The van der Waals surface area contributed by atoms with Crippen LogP contribution in [0.5, 0.6) is 0 Å². The molecule has 3 unspecified atom stereocenters. The first kappa shape index (κ1) is 27.7. The zero-order chi connectivity index (χ0) is 29.7. The van der Waals surface area contributed by atoms with E-state index < -0.39 is 12.1 Å². The summed E-state index contributed by atoms with van der Waals surface area (Å²) in [5.41, 5.74) is 7.50. The summed E-state index contributed by atoms with van der Waals surface area (Å²) in [5, 5.41) is 31.1.